The number of ether oxygens (including phenoxy) is 1. The molecule has 0 saturated heterocycles. The van der Waals surface area contributed by atoms with Gasteiger partial charge in [0.2, 0.25) is 0 Å². The zero-order chi connectivity index (χ0) is 19.9. The summed E-state index contributed by atoms with van der Waals surface area (Å²) >= 11 is 0. The summed E-state index contributed by atoms with van der Waals surface area (Å²) < 4.78 is 5.75. The van der Waals surface area contributed by atoms with E-state index in [1.807, 2.05) is 44.2 Å². The molecule has 0 fully saturated rings. The van der Waals surface area contributed by atoms with E-state index in [-0.39, 0.29) is 12.0 Å². The van der Waals surface area contributed by atoms with Crippen molar-refractivity contribution in [1.29, 1.82) is 0 Å². The van der Waals surface area contributed by atoms with Crippen LogP contribution in [0.3, 0.4) is 0 Å². The second-order valence-corrected chi connectivity index (χ2v) is 6.89. The number of anilines is 2. The number of carbonyl (C=O) groups is 1. The average molecular weight is 375 g/mol. The fourth-order valence-corrected chi connectivity index (χ4v) is 2.69. The summed E-state index contributed by atoms with van der Waals surface area (Å²) in [7, 11) is 0. The van der Waals surface area contributed by atoms with Crippen LogP contribution in [0, 0.1) is 6.92 Å². The highest BCUT2D eigenvalue weighted by Gasteiger charge is 2.12. The third-order valence-corrected chi connectivity index (χ3v) is 4.11. The van der Waals surface area contributed by atoms with E-state index in [0.717, 1.165) is 5.69 Å². The van der Waals surface area contributed by atoms with Gasteiger partial charge in [0.15, 0.2) is 0 Å². The molecule has 0 unspecified atom stereocenters. The van der Waals surface area contributed by atoms with Gasteiger partial charge in [-0.05, 0) is 50.6 Å². The van der Waals surface area contributed by atoms with Crippen LogP contribution in [-0.4, -0.2) is 17.0 Å². The molecule has 5 heteroatoms. The lowest BCUT2D eigenvalue weighted by molar-refractivity contribution is 0.102. The molecule has 2 N–H and O–H groups in total. The van der Waals surface area contributed by atoms with E-state index in [2.05, 4.69) is 46.8 Å². The topological polar surface area (TPSA) is 63.2 Å². The van der Waals surface area contributed by atoms with Crippen LogP contribution in [0.2, 0.25) is 0 Å². The lowest BCUT2D eigenvalue weighted by Gasteiger charge is -2.15. The third kappa shape index (κ3) is 5.33. The normalized spacial score (nSPS) is 10.6. The van der Waals surface area contributed by atoms with Crippen molar-refractivity contribution in [2.45, 2.75) is 33.4 Å². The molecule has 1 amide bonds. The van der Waals surface area contributed by atoms with Crippen LogP contribution in [-0.2, 0) is 6.54 Å². The summed E-state index contributed by atoms with van der Waals surface area (Å²) in [5.74, 6) is 0.360. The van der Waals surface area contributed by atoms with E-state index in [9.17, 15) is 4.79 Å². The van der Waals surface area contributed by atoms with Crippen LogP contribution in [0.5, 0.6) is 5.75 Å². The largest absolute Gasteiger partial charge is 0.489 e. The molecule has 0 aliphatic heterocycles. The van der Waals surface area contributed by atoms with Gasteiger partial charge < -0.3 is 15.4 Å². The number of aryl methyl sites for hydroxylation is 1. The van der Waals surface area contributed by atoms with E-state index >= 15 is 0 Å². The Bertz CT molecular complexity index is 937. The number of amides is 1. The van der Waals surface area contributed by atoms with Crippen molar-refractivity contribution < 1.29 is 9.53 Å². The highest BCUT2D eigenvalue weighted by Crippen LogP contribution is 2.25. The van der Waals surface area contributed by atoms with Crippen molar-refractivity contribution in [3.05, 3.63) is 83.7 Å². The van der Waals surface area contributed by atoms with Gasteiger partial charge in [-0.1, -0.05) is 42.0 Å². The van der Waals surface area contributed by atoms with Gasteiger partial charge in [0, 0.05) is 18.4 Å². The standard InChI is InChI=1S/C23H25N3O2/c1-16(2)28-22-7-5-4-6-20(22)26-23(27)21-14-19(12-13-24-21)25-15-18-10-8-17(3)9-11-18/h4-14,16H,15H2,1-3H3,(H,24,25)(H,26,27). The molecule has 1 aromatic heterocycles. The molecule has 1 heterocycles. The summed E-state index contributed by atoms with van der Waals surface area (Å²) in [6.45, 7) is 6.64. The Balaban J connectivity index is 1.68. The maximum atomic E-state index is 12.7. The molecule has 0 aliphatic carbocycles. The molecule has 3 rings (SSSR count). The smallest absolute Gasteiger partial charge is 0.274 e. The van der Waals surface area contributed by atoms with Gasteiger partial charge in [0.25, 0.3) is 5.91 Å². The first-order valence-electron chi connectivity index (χ1n) is 9.34. The minimum absolute atomic E-state index is 0.0190. The van der Waals surface area contributed by atoms with Crippen molar-refractivity contribution in [1.82, 2.24) is 4.98 Å². The average Bonchev–Trinajstić information content (AvgIpc) is 2.69. The SMILES string of the molecule is Cc1ccc(CNc2ccnc(C(=O)Nc3ccccc3OC(C)C)c2)cc1. The van der Waals surface area contributed by atoms with Crippen LogP contribution < -0.4 is 15.4 Å². The van der Waals surface area contributed by atoms with Crippen molar-refractivity contribution in [3.63, 3.8) is 0 Å². The Hall–Kier alpha value is -3.34. The highest BCUT2D eigenvalue weighted by molar-refractivity contribution is 6.04. The molecule has 0 atom stereocenters. The van der Waals surface area contributed by atoms with Gasteiger partial charge in [0.1, 0.15) is 11.4 Å². The van der Waals surface area contributed by atoms with Crippen molar-refractivity contribution >= 4 is 17.3 Å². The zero-order valence-corrected chi connectivity index (χ0v) is 16.4. The molecule has 0 spiro atoms. The van der Waals surface area contributed by atoms with Gasteiger partial charge in [0.05, 0.1) is 11.8 Å². The van der Waals surface area contributed by atoms with E-state index in [4.69, 9.17) is 4.74 Å². The van der Waals surface area contributed by atoms with E-state index in [1.54, 1.807) is 12.3 Å². The Morgan fingerprint density at radius 3 is 2.57 bits per heavy atom. The molecular weight excluding hydrogens is 350 g/mol. The number of pyridine rings is 1. The minimum atomic E-state index is -0.279. The van der Waals surface area contributed by atoms with Crippen LogP contribution in [0.25, 0.3) is 0 Å². The number of carbonyl (C=O) groups excluding carboxylic acids is 1. The summed E-state index contributed by atoms with van der Waals surface area (Å²) in [6, 6.07) is 19.3. The molecule has 0 bridgehead atoms. The first-order chi connectivity index (χ1) is 13.5. The van der Waals surface area contributed by atoms with Gasteiger partial charge in [-0.25, -0.2) is 0 Å². The maximum Gasteiger partial charge on any atom is 0.274 e. The van der Waals surface area contributed by atoms with Crippen molar-refractivity contribution in [3.8, 4) is 5.75 Å². The number of nitrogens with zero attached hydrogens (tertiary/aromatic N) is 1. The number of hydrogen-bond donors (Lipinski definition) is 2. The monoisotopic (exact) mass is 375 g/mol. The number of aromatic nitrogens is 1. The predicted molar refractivity (Wildman–Crippen MR) is 113 cm³/mol. The Morgan fingerprint density at radius 1 is 1.07 bits per heavy atom. The van der Waals surface area contributed by atoms with E-state index < -0.39 is 0 Å². The molecule has 5 nitrogen and oxygen atoms in total. The quantitative estimate of drug-likeness (QED) is 0.607. The summed E-state index contributed by atoms with van der Waals surface area (Å²) in [5.41, 5.74) is 4.21. The third-order valence-electron chi connectivity index (χ3n) is 4.11. The lowest BCUT2D eigenvalue weighted by atomic mass is 10.1. The highest BCUT2D eigenvalue weighted by atomic mass is 16.5. The number of rotatable bonds is 7. The van der Waals surface area contributed by atoms with Gasteiger partial charge in [-0.2, -0.15) is 0 Å². The second-order valence-electron chi connectivity index (χ2n) is 6.89. The first kappa shape index (κ1) is 19.4. The molecule has 0 radical (unpaired) electrons. The molecule has 28 heavy (non-hydrogen) atoms. The van der Waals surface area contributed by atoms with Gasteiger partial charge in [-0.15, -0.1) is 0 Å². The molecular formula is C23H25N3O2. The molecule has 0 aliphatic rings. The number of nitrogens with one attached hydrogen (secondary N) is 2. The van der Waals surface area contributed by atoms with Crippen LogP contribution in [0.1, 0.15) is 35.5 Å². The lowest BCUT2D eigenvalue weighted by Crippen LogP contribution is -2.16. The molecule has 3 aromatic rings. The first-order valence-corrected chi connectivity index (χ1v) is 9.34. The fourth-order valence-electron chi connectivity index (χ4n) is 2.69. The molecule has 144 valence electrons. The molecule has 0 saturated carbocycles. The van der Waals surface area contributed by atoms with Crippen LogP contribution >= 0.6 is 0 Å². The second kappa shape index (κ2) is 9.04. The molecule has 2 aromatic carbocycles. The van der Waals surface area contributed by atoms with Gasteiger partial charge in [-0.3, -0.25) is 9.78 Å². The number of para-hydroxylation sites is 2. The Kier molecular flexibility index (Phi) is 6.27. The van der Waals surface area contributed by atoms with E-state index in [1.165, 1.54) is 11.1 Å². The summed E-state index contributed by atoms with van der Waals surface area (Å²) in [5, 5.41) is 6.22. The number of hydrogen-bond acceptors (Lipinski definition) is 4. The van der Waals surface area contributed by atoms with E-state index in [0.29, 0.717) is 23.7 Å². The van der Waals surface area contributed by atoms with Gasteiger partial charge >= 0.3 is 0 Å². The predicted octanol–water partition coefficient (Wildman–Crippen LogP) is 5.04. The van der Waals surface area contributed by atoms with Crippen LogP contribution in [0.4, 0.5) is 11.4 Å². The minimum Gasteiger partial charge on any atom is -0.489 e. The van der Waals surface area contributed by atoms with Crippen LogP contribution in [0.15, 0.2) is 66.9 Å². The Morgan fingerprint density at radius 2 is 1.82 bits per heavy atom. The fraction of sp³-hybridized carbons (Fsp3) is 0.217. The number of benzene rings is 2. The van der Waals surface area contributed by atoms with Crippen molar-refractivity contribution in [2.75, 3.05) is 10.6 Å². The van der Waals surface area contributed by atoms with Crippen molar-refractivity contribution in [2.24, 2.45) is 0 Å². The Labute approximate surface area is 165 Å². The maximum absolute atomic E-state index is 12.7. The summed E-state index contributed by atoms with van der Waals surface area (Å²) in [6.07, 6.45) is 1.65. The summed E-state index contributed by atoms with van der Waals surface area (Å²) in [4.78, 5) is 16.9. The zero-order valence-electron chi connectivity index (χ0n) is 16.4.